The summed E-state index contributed by atoms with van der Waals surface area (Å²) >= 11 is 6.09. The summed E-state index contributed by atoms with van der Waals surface area (Å²) in [5.41, 5.74) is 10.3. The first-order valence-electron chi connectivity index (χ1n) is 7.71. The van der Waals surface area contributed by atoms with Crippen molar-refractivity contribution in [1.29, 1.82) is 0 Å². The monoisotopic (exact) mass is 352 g/mol. The van der Waals surface area contributed by atoms with Gasteiger partial charge in [-0.3, -0.25) is 0 Å². The third kappa shape index (κ3) is 2.53. The molecule has 2 aromatic heterocycles. The van der Waals surface area contributed by atoms with Gasteiger partial charge in [-0.05, 0) is 30.7 Å². The minimum absolute atomic E-state index is 0.325. The smallest absolute Gasteiger partial charge is 0.165 e. The Morgan fingerprint density at radius 2 is 1.88 bits per heavy atom. The molecular formula is C19H14ClFN4. The fraction of sp³-hybridized carbons (Fsp3) is 0.0526. The number of anilines is 1. The van der Waals surface area contributed by atoms with Gasteiger partial charge in [0.15, 0.2) is 5.65 Å². The van der Waals surface area contributed by atoms with Crippen molar-refractivity contribution in [2.75, 3.05) is 5.73 Å². The van der Waals surface area contributed by atoms with Gasteiger partial charge in [-0.25, -0.2) is 9.37 Å². The molecule has 0 aliphatic rings. The number of halogens is 2. The van der Waals surface area contributed by atoms with E-state index in [4.69, 9.17) is 17.3 Å². The summed E-state index contributed by atoms with van der Waals surface area (Å²) in [5, 5.41) is 4.93. The van der Waals surface area contributed by atoms with E-state index in [1.807, 2.05) is 25.1 Å². The van der Waals surface area contributed by atoms with Crippen LogP contribution >= 0.6 is 11.6 Å². The molecule has 0 spiro atoms. The van der Waals surface area contributed by atoms with E-state index >= 15 is 0 Å². The van der Waals surface area contributed by atoms with Crippen LogP contribution in [0, 0.1) is 12.7 Å². The van der Waals surface area contributed by atoms with Crippen molar-refractivity contribution in [3.63, 3.8) is 0 Å². The van der Waals surface area contributed by atoms with Gasteiger partial charge in [0.2, 0.25) is 0 Å². The summed E-state index contributed by atoms with van der Waals surface area (Å²) in [6.45, 7) is 1.87. The van der Waals surface area contributed by atoms with E-state index in [1.165, 1.54) is 10.6 Å². The number of hydrogen-bond acceptors (Lipinski definition) is 3. The van der Waals surface area contributed by atoms with Crippen LogP contribution in [0.3, 0.4) is 0 Å². The minimum atomic E-state index is -0.325. The van der Waals surface area contributed by atoms with Crippen LogP contribution in [0.25, 0.3) is 27.9 Å². The zero-order valence-electron chi connectivity index (χ0n) is 13.4. The molecule has 124 valence electrons. The van der Waals surface area contributed by atoms with E-state index in [0.717, 1.165) is 16.8 Å². The molecule has 0 saturated heterocycles. The molecule has 0 atom stereocenters. The summed E-state index contributed by atoms with van der Waals surface area (Å²) in [7, 11) is 0. The van der Waals surface area contributed by atoms with Crippen LogP contribution in [0.5, 0.6) is 0 Å². The Hall–Kier alpha value is -2.92. The highest BCUT2D eigenvalue weighted by molar-refractivity contribution is 6.30. The highest BCUT2D eigenvalue weighted by Crippen LogP contribution is 2.34. The van der Waals surface area contributed by atoms with Crippen LogP contribution in [0.1, 0.15) is 5.69 Å². The van der Waals surface area contributed by atoms with Crippen molar-refractivity contribution < 1.29 is 4.39 Å². The van der Waals surface area contributed by atoms with Gasteiger partial charge in [0.25, 0.3) is 0 Å². The molecule has 0 fully saturated rings. The second-order valence-corrected chi connectivity index (χ2v) is 6.18. The fourth-order valence-electron chi connectivity index (χ4n) is 3.00. The standard InChI is InChI=1S/C19H14ClFN4/c1-11-17(12-5-4-6-13(20)9-12)18(22)25-19(24-11)15(10-23-25)14-7-2-3-8-16(14)21/h2-10H,22H2,1H3. The molecule has 2 aromatic carbocycles. The third-order valence-electron chi connectivity index (χ3n) is 4.14. The van der Waals surface area contributed by atoms with Crippen LogP contribution in [-0.4, -0.2) is 14.6 Å². The lowest BCUT2D eigenvalue weighted by Gasteiger charge is -2.12. The van der Waals surface area contributed by atoms with Crippen LogP contribution in [0.2, 0.25) is 5.02 Å². The molecule has 6 heteroatoms. The van der Waals surface area contributed by atoms with Gasteiger partial charge < -0.3 is 5.73 Å². The lowest BCUT2D eigenvalue weighted by molar-refractivity contribution is 0.631. The Bertz CT molecular complexity index is 1100. The lowest BCUT2D eigenvalue weighted by Crippen LogP contribution is -2.05. The second kappa shape index (κ2) is 5.86. The zero-order chi connectivity index (χ0) is 17.6. The maximum absolute atomic E-state index is 14.2. The van der Waals surface area contributed by atoms with Crippen LogP contribution in [-0.2, 0) is 0 Å². The average Bonchev–Trinajstić information content (AvgIpc) is 2.99. The van der Waals surface area contributed by atoms with Gasteiger partial charge in [-0.2, -0.15) is 9.61 Å². The summed E-state index contributed by atoms with van der Waals surface area (Å²) < 4.78 is 15.7. The molecule has 0 amide bonds. The van der Waals surface area contributed by atoms with Gasteiger partial charge in [0.1, 0.15) is 11.6 Å². The lowest BCUT2D eigenvalue weighted by atomic mass is 10.0. The van der Waals surface area contributed by atoms with Crippen LogP contribution in [0.15, 0.2) is 54.7 Å². The summed E-state index contributed by atoms with van der Waals surface area (Å²) in [4.78, 5) is 4.63. The molecule has 0 bridgehead atoms. The highest BCUT2D eigenvalue weighted by atomic mass is 35.5. The maximum atomic E-state index is 14.2. The summed E-state index contributed by atoms with van der Waals surface area (Å²) in [6.07, 6.45) is 1.58. The SMILES string of the molecule is Cc1nc2c(-c3ccccc3F)cnn2c(N)c1-c1cccc(Cl)c1. The van der Waals surface area contributed by atoms with Crippen molar-refractivity contribution in [2.45, 2.75) is 6.92 Å². The molecular weight excluding hydrogens is 339 g/mol. The van der Waals surface area contributed by atoms with Gasteiger partial charge in [0, 0.05) is 21.7 Å². The molecule has 0 aliphatic carbocycles. The molecule has 2 N–H and O–H groups in total. The van der Waals surface area contributed by atoms with E-state index in [2.05, 4.69) is 10.1 Å². The number of fused-ring (bicyclic) bond motifs is 1. The molecule has 0 aliphatic heterocycles. The quantitative estimate of drug-likeness (QED) is 0.566. The zero-order valence-corrected chi connectivity index (χ0v) is 14.1. The van der Waals surface area contributed by atoms with Gasteiger partial charge in [-0.15, -0.1) is 0 Å². The topological polar surface area (TPSA) is 56.2 Å². The predicted octanol–water partition coefficient (Wildman–Crippen LogP) is 4.75. The minimum Gasteiger partial charge on any atom is -0.383 e. The molecule has 2 heterocycles. The van der Waals surface area contributed by atoms with E-state index in [9.17, 15) is 4.39 Å². The number of aromatic nitrogens is 3. The Morgan fingerprint density at radius 1 is 1.08 bits per heavy atom. The number of aryl methyl sites for hydroxylation is 1. The Balaban J connectivity index is 1.98. The second-order valence-electron chi connectivity index (χ2n) is 5.74. The normalized spacial score (nSPS) is 11.2. The number of rotatable bonds is 2. The molecule has 4 aromatic rings. The molecule has 25 heavy (non-hydrogen) atoms. The van der Waals surface area contributed by atoms with E-state index in [1.54, 1.807) is 30.5 Å². The molecule has 4 rings (SSSR count). The first-order chi connectivity index (χ1) is 12.1. The highest BCUT2D eigenvalue weighted by Gasteiger charge is 2.18. The average molecular weight is 353 g/mol. The van der Waals surface area contributed by atoms with E-state index in [-0.39, 0.29) is 5.82 Å². The predicted molar refractivity (Wildman–Crippen MR) is 98.0 cm³/mol. The first kappa shape index (κ1) is 15.6. The molecule has 4 nitrogen and oxygen atoms in total. The molecule has 0 saturated carbocycles. The Kier molecular flexibility index (Phi) is 3.66. The van der Waals surface area contributed by atoms with Crippen molar-refractivity contribution in [3.8, 4) is 22.3 Å². The largest absolute Gasteiger partial charge is 0.383 e. The summed E-state index contributed by atoms with van der Waals surface area (Å²) in [5.74, 6) is 0.113. The van der Waals surface area contributed by atoms with Crippen LogP contribution in [0.4, 0.5) is 10.2 Å². The fourth-order valence-corrected chi connectivity index (χ4v) is 3.19. The van der Waals surface area contributed by atoms with E-state index in [0.29, 0.717) is 27.6 Å². The van der Waals surface area contributed by atoms with Crippen molar-refractivity contribution in [1.82, 2.24) is 14.6 Å². The van der Waals surface area contributed by atoms with Crippen molar-refractivity contribution in [3.05, 3.63) is 71.3 Å². The number of hydrogen-bond donors (Lipinski definition) is 1. The Labute approximate surface area is 148 Å². The van der Waals surface area contributed by atoms with Crippen molar-refractivity contribution >= 4 is 23.1 Å². The number of nitrogens with two attached hydrogens (primary N) is 1. The van der Waals surface area contributed by atoms with Gasteiger partial charge in [0.05, 0.1) is 11.9 Å². The Morgan fingerprint density at radius 3 is 2.64 bits per heavy atom. The van der Waals surface area contributed by atoms with Gasteiger partial charge in [-0.1, -0.05) is 41.9 Å². The number of nitrogen functional groups attached to an aromatic ring is 1. The molecule has 0 unspecified atom stereocenters. The van der Waals surface area contributed by atoms with E-state index < -0.39 is 0 Å². The number of benzene rings is 2. The number of nitrogens with zero attached hydrogens (tertiary/aromatic N) is 3. The molecule has 0 radical (unpaired) electrons. The van der Waals surface area contributed by atoms with Crippen molar-refractivity contribution in [2.24, 2.45) is 0 Å². The van der Waals surface area contributed by atoms with Gasteiger partial charge >= 0.3 is 0 Å². The maximum Gasteiger partial charge on any atom is 0.165 e. The first-order valence-corrected chi connectivity index (χ1v) is 8.08. The summed E-state index contributed by atoms with van der Waals surface area (Å²) in [6, 6.07) is 13.9. The van der Waals surface area contributed by atoms with Crippen LogP contribution < -0.4 is 5.73 Å². The third-order valence-corrected chi connectivity index (χ3v) is 4.38.